The van der Waals surface area contributed by atoms with E-state index in [1.807, 2.05) is 30.5 Å². The summed E-state index contributed by atoms with van der Waals surface area (Å²) < 4.78 is 7.85. The van der Waals surface area contributed by atoms with Gasteiger partial charge in [0.15, 0.2) is 0 Å². The smallest absolute Gasteiger partial charge is 0.121 e. The second-order valence-corrected chi connectivity index (χ2v) is 25.0. The first-order valence-corrected chi connectivity index (χ1v) is 25.2. The molecular weight excluding hydrogens is 873 g/mol. The van der Waals surface area contributed by atoms with Crippen LogP contribution < -0.4 is 4.40 Å². The quantitative estimate of drug-likeness (QED) is 0.128. The van der Waals surface area contributed by atoms with E-state index in [1.54, 1.807) is 0 Å². The van der Waals surface area contributed by atoms with Crippen LogP contribution in [0.4, 0.5) is 0 Å². The van der Waals surface area contributed by atoms with Crippen LogP contribution in [0, 0.1) is 12.1 Å². The van der Waals surface area contributed by atoms with Crippen LogP contribution in [-0.4, -0.2) is 23.2 Å². The maximum absolute atomic E-state index is 6.42. The number of aryl methyl sites for hydroxylation is 1. The van der Waals surface area contributed by atoms with Gasteiger partial charge < -0.3 is 9.40 Å². The fourth-order valence-corrected chi connectivity index (χ4v) is 9.20. The predicted octanol–water partition coefficient (Wildman–Crippen LogP) is 11.8. The summed E-state index contributed by atoms with van der Waals surface area (Å²) in [5.41, 5.74) is 13.4. The van der Waals surface area contributed by atoms with Crippen molar-refractivity contribution in [2.45, 2.75) is 43.0 Å². The Bertz CT molecular complexity index is 2450. The van der Waals surface area contributed by atoms with Gasteiger partial charge in [-0.15, -0.1) is 18.2 Å². The van der Waals surface area contributed by atoms with Crippen LogP contribution in [0.25, 0.3) is 66.7 Å². The molecule has 0 unspecified atom stereocenters. The molecule has 259 valence electrons. The number of fused-ring (bicyclic) bond motifs is 4. The summed E-state index contributed by atoms with van der Waals surface area (Å²) >= 11 is -1.79. The number of aromatic nitrogens is 2. The largest absolute Gasteiger partial charge is 0.501 e. The average molecular weight is 914 g/mol. The van der Waals surface area contributed by atoms with Crippen LogP contribution in [0.5, 0.6) is 0 Å². The summed E-state index contributed by atoms with van der Waals surface area (Å²) in [6.45, 7) is 0. The zero-order chi connectivity index (χ0) is 34.8. The van der Waals surface area contributed by atoms with Gasteiger partial charge in [0.05, 0.1) is 5.58 Å². The van der Waals surface area contributed by atoms with Crippen molar-refractivity contribution in [2.24, 2.45) is 0 Å². The molecule has 1 aliphatic rings. The van der Waals surface area contributed by atoms with Crippen LogP contribution in [0.1, 0.15) is 24.0 Å². The maximum atomic E-state index is 6.42. The van der Waals surface area contributed by atoms with Crippen LogP contribution in [-0.2, 0) is 32.9 Å². The Labute approximate surface area is 322 Å². The third kappa shape index (κ3) is 7.48. The molecule has 5 heteroatoms. The predicted molar refractivity (Wildman–Crippen MR) is 215 cm³/mol. The van der Waals surface area contributed by atoms with E-state index in [-0.39, 0.29) is 20.1 Å². The number of hydrogen-bond acceptors (Lipinski definition) is 3. The van der Waals surface area contributed by atoms with E-state index in [9.17, 15) is 0 Å². The molecule has 0 spiro atoms. The van der Waals surface area contributed by atoms with Gasteiger partial charge in [0.2, 0.25) is 0 Å². The van der Waals surface area contributed by atoms with Crippen molar-refractivity contribution in [1.29, 1.82) is 0 Å². The van der Waals surface area contributed by atoms with Crippen molar-refractivity contribution < 1.29 is 24.5 Å². The molecule has 1 radical (unpaired) electrons. The molecule has 0 atom stereocenters. The molecule has 1 aliphatic carbocycles. The molecule has 3 nitrogen and oxygen atoms in total. The summed E-state index contributed by atoms with van der Waals surface area (Å²) in [6, 6.07) is 50.9. The zero-order valence-corrected chi connectivity index (χ0v) is 34.2. The average Bonchev–Trinajstić information content (AvgIpc) is 3.57. The molecule has 52 heavy (non-hydrogen) atoms. The normalized spacial score (nSPS) is 12.4. The van der Waals surface area contributed by atoms with Crippen molar-refractivity contribution in [3.8, 4) is 44.8 Å². The zero-order valence-electron chi connectivity index (χ0n) is 29.7. The van der Waals surface area contributed by atoms with E-state index < -0.39 is 13.3 Å². The van der Waals surface area contributed by atoms with E-state index in [1.165, 1.54) is 45.1 Å². The molecule has 0 N–H and O–H groups in total. The van der Waals surface area contributed by atoms with Crippen LogP contribution in [0.3, 0.4) is 0 Å². The topological polar surface area (TPSA) is 38.9 Å². The summed E-state index contributed by atoms with van der Waals surface area (Å²) in [7, 11) is 0. The first-order chi connectivity index (χ1) is 24.9. The standard InChI is InChI=1S/C27H20NO.C20H20GeN.Ir/c1-2-7-18(8-3-1)20-13-14-22-23-11-6-12-24(27(23)29-25(22)17-20)26-21-10-5-4-9-19(21)15-16-28-26;1-21(2,3)19-12-13-20(22-15-19)18-11-7-10-17(14-18)16-8-5-4-6-9-16;/h1-3,6-8,11,13-17H,4-5,9-10H2;4-10,12-15H,1-3H3;/q2*-1;. The first kappa shape index (κ1) is 35.8. The molecule has 5 aromatic carbocycles. The van der Waals surface area contributed by atoms with E-state index >= 15 is 0 Å². The van der Waals surface area contributed by atoms with Crippen molar-refractivity contribution in [3.63, 3.8) is 0 Å². The monoisotopic (exact) mass is 915 g/mol. The minimum absolute atomic E-state index is 0. The van der Waals surface area contributed by atoms with Crippen LogP contribution in [0.15, 0.2) is 144 Å². The fraction of sp³-hybridized carbons (Fsp3) is 0.149. The number of pyridine rings is 2. The van der Waals surface area contributed by atoms with E-state index in [2.05, 4.69) is 144 Å². The Morgan fingerprint density at radius 3 is 2.06 bits per heavy atom. The minimum Gasteiger partial charge on any atom is -0.501 e. The van der Waals surface area contributed by atoms with Crippen molar-refractivity contribution in [3.05, 3.63) is 163 Å². The van der Waals surface area contributed by atoms with E-state index in [4.69, 9.17) is 9.40 Å². The van der Waals surface area contributed by atoms with Crippen LogP contribution in [0.2, 0.25) is 17.3 Å². The molecule has 9 rings (SSSR count). The Morgan fingerprint density at radius 1 is 0.635 bits per heavy atom. The maximum Gasteiger partial charge on any atom is 0.121 e. The molecule has 0 saturated heterocycles. The SMILES string of the molecule is [CH3][Ge]([CH3])([CH3])[c]1ccc(-c2[c-]ccc(-c3ccccc3)c2)nc1.[Ir].[c-]1ccc2c(oc3cc(-c4ccccc4)ccc32)c1-c1nccc2c1CCCC2. The van der Waals surface area contributed by atoms with Gasteiger partial charge in [-0.25, -0.2) is 0 Å². The van der Waals surface area contributed by atoms with Gasteiger partial charge in [0.1, 0.15) is 5.58 Å². The Morgan fingerprint density at radius 2 is 1.35 bits per heavy atom. The molecule has 3 heterocycles. The van der Waals surface area contributed by atoms with Gasteiger partial charge in [-0.3, -0.25) is 0 Å². The molecule has 0 aliphatic heterocycles. The Hall–Kier alpha value is -4.61. The van der Waals surface area contributed by atoms with E-state index in [0.717, 1.165) is 62.9 Å². The molecule has 0 amide bonds. The summed E-state index contributed by atoms with van der Waals surface area (Å²) in [5, 5.41) is 2.27. The van der Waals surface area contributed by atoms with E-state index in [0.29, 0.717) is 0 Å². The third-order valence-electron chi connectivity index (χ3n) is 9.87. The molecular formula is C47H40GeIrN2O-2. The number of furan rings is 1. The van der Waals surface area contributed by atoms with Gasteiger partial charge in [0.25, 0.3) is 0 Å². The van der Waals surface area contributed by atoms with Crippen molar-refractivity contribution in [2.75, 3.05) is 0 Å². The Balaban J connectivity index is 0.000000165. The molecule has 0 fully saturated rings. The number of nitrogens with zero attached hydrogens (tertiary/aromatic N) is 2. The summed E-state index contributed by atoms with van der Waals surface area (Å²) in [6.07, 6.45) is 8.70. The summed E-state index contributed by atoms with van der Waals surface area (Å²) in [5.74, 6) is 7.16. The molecule has 3 aromatic heterocycles. The summed E-state index contributed by atoms with van der Waals surface area (Å²) in [4.78, 5) is 9.42. The number of benzene rings is 5. The van der Waals surface area contributed by atoms with Gasteiger partial charge in [-0.2, -0.15) is 0 Å². The minimum atomic E-state index is -1.79. The third-order valence-corrected chi connectivity index (χ3v) is 14.1. The second kappa shape index (κ2) is 15.6. The van der Waals surface area contributed by atoms with Gasteiger partial charge in [-0.05, 0) is 54.6 Å². The van der Waals surface area contributed by atoms with Gasteiger partial charge in [-0.1, -0.05) is 64.5 Å². The van der Waals surface area contributed by atoms with Crippen molar-refractivity contribution >= 4 is 39.6 Å². The fourth-order valence-electron chi connectivity index (χ4n) is 7.03. The first-order valence-electron chi connectivity index (χ1n) is 17.9. The number of hydrogen-bond donors (Lipinski definition) is 0. The van der Waals surface area contributed by atoms with Crippen molar-refractivity contribution in [1.82, 2.24) is 9.97 Å². The number of rotatable bonds is 5. The molecule has 8 aromatic rings. The second-order valence-electron chi connectivity index (χ2n) is 14.3. The molecule has 0 saturated carbocycles. The van der Waals surface area contributed by atoms with Crippen LogP contribution >= 0.6 is 0 Å². The van der Waals surface area contributed by atoms with Gasteiger partial charge in [0, 0.05) is 31.7 Å². The Kier molecular flexibility index (Phi) is 10.7. The molecule has 0 bridgehead atoms. The van der Waals surface area contributed by atoms with Gasteiger partial charge >= 0.3 is 135 Å².